The Morgan fingerprint density at radius 3 is 2.16 bits per heavy atom. The fourth-order valence-electron chi connectivity index (χ4n) is 5.02. The number of imidazole rings is 1. The molecule has 18 heteroatoms. The lowest BCUT2D eigenvalue weighted by molar-refractivity contribution is -0.146. The summed E-state index contributed by atoms with van der Waals surface area (Å²) in [6, 6.07) is -2.16. The number of esters is 2. The van der Waals surface area contributed by atoms with Gasteiger partial charge in [-0.1, -0.05) is 27.7 Å². The Labute approximate surface area is 261 Å². The number of nitrogens with two attached hydrogens (primary N) is 1. The van der Waals surface area contributed by atoms with Crippen molar-refractivity contribution in [2.75, 3.05) is 25.6 Å². The molecule has 7 N–H and O–H groups in total. The molecule has 0 radical (unpaired) electrons. The van der Waals surface area contributed by atoms with Crippen molar-refractivity contribution in [3.8, 4) is 0 Å². The van der Waals surface area contributed by atoms with E-state index < -0.39 is 67.9 Å². The van der Waals surface area contributed by atoms with Crippen LogP contribution in [0, 0.1) is 11.8 Å². The number of nitrogen functional groups attached to an aromatic ring is 1. The van der Waals surface area contributed by atoms with Crippen molar-refractivity contribution in [1.29, 1.82) is 0 Å². The van der Waals surface area contributed by atoms with E-state index in [1.54, 1.807) is 13.8 Å². The highest BCUT2D eigenvalue weighted by Gasteiger charge is 2.54. The number of carbonyl (C=O) groups is 2. The predicted molar refractivity (Wildman–Crippen MR) is 163 cm³/mol. The van der Waals surface area contributed by atoms with E-state index in [0.29, 0.717) is 0 Å². The zero-order chi connectivity index (χ0) is 33.7. The number of nitrogens with one attached hydrogen (secondary N) is 3. The van der Waals surface area contributed by atoms with E-state index in [9.17, 15) is 29.2 Å². The second-order valence-electron chi connectivity index (χ2n) is 11.9. The molecule has 6 atom stereocenters. The van der Waals surface area contributed by atoms with Gasteiger partial charge in [0.15, 0.2) is 17.4 Å². The number of aliphatic hydroxyl groups is 2. The predicted octanol–water partition coefficient (Wildman–Crippen LogP) is 0.971. The van der Waals surface area contributed by atoms with Crippen LogP contribution >= 0.6 is 7.67 Å². The van der Waals surface area contributed by atoms with Crippen LogP contribution in [-0.4, -0.2) is 91.4 Å². The van der Waals surface area contributed by atoms with Gasteiger partial charge >= 0.3 is 19.6 Å². The first kappa shape index (κ1) is 36.5. The molecule has 1 fully saturated rings. The Balaban J connectivity index is 1.94. The van der Waals surface area contributed by atoms with Crippen molar-refractivity contribution >= 4 is 36.7 Å². The minimum Gasteiger partial charge on any atom is -0.465 e. The summed E-state index contributed by atoms with van der Waals surface area (Å²) in [4.78, 5) is 48.4. The largest absolute Gasteiger partial charge is 0.465 e. The molecule has 17 nitrogen and oxygen atoms in total. The average molecular weight is 660 g/mol. The number of H-pyrrole nitrogens is 1. The normalized spacial score (nSPS) is 23.5. The number of aliphatic hydroxyl groups excluding tert-OH is 1. The number of fused-ring (bicyclic) bond motifs is 1. The summed E-state index contributed by atoms with van der Waals surface area (Å²) in [5, 5.41) is 27.9. The van der Waals surface area contributed by atoms with Gasteiger partial charge < -0.3 is 34.7 Å². The zero-order valence-electron chi connectivity index (χ0n) is 26.7. The number of aromatic amines is 1. The first-order chi connectivity index (χ1) is 21.0. The number of nitrogens with zero attached hydrogens (tertiary/aromatic N) is 3. The van der Waals surface area contributed by atoms with E-state index in [1.807, 2.05) is 27.7 Å². The van der Waals surface area contributed by atoms with Gasteiger partial charge in [-0.15, -0.1) is 0 Å². The molecule has 1 saturated heterocycles. The third kappa shape index (κ3) is 8.87. The Kier molecular flexibility index (Phi) is 12.3. The summed E-state index contributed by atoms with van der Waals surface area (Å²) < 4.78 is 37.9. The van der Waals surface area contributed by atoms with Gasteiger partial charge in [0, 0.05) is 0 Å². The molecule has 0 aromatic carbocycles. The second kappa shape index (κ2) is 15.1. The number of hydrogen-bond acceptors (Lipinski definition) is 13. The summed E-state index contributed by atoms with van der Waals surface area (Å²) in [5.74, 6) is -1.56. The molecule has 0 unspecified atom stereocenters. The van der Waals surface area contributed by atoms with Crippen LogP contribution in [0.4, 0.5) is 5.95 Å². The SMILES string of the molecule is CCOC(=O)[C@H](CC(C)C)NP(=O)(N[C@@H](CC(C)C)C(=O)OCC)OC[C@H]1O[C@@H](n2cnc3c(=O)[nH]c(N)nc32)[C@](C)(O)[C@@H]1O. The standard InChI is InChI=1S/C27H46N7O10P/c1-8-41-23(37)16(10-14(3)4)32-45(40,33-17(11-15(5)6)24(38)42-9-2)43-12-18-20(35)27(7,39)25(44-18)34-13-29-19-21(34)30-26(28)31-22(19)36/h13-18,20,25,35,39H,8-12H2,1-7H3,(H2,32,33,40)(H3,28,30,31,36)/t16-,17-,18+,20+,25+,27+/m0/s1. The lowest BCUT2D eigenvalue weighted by Crippen LogP contribution is -2.47. The zero-order valence-corrected chi connectivity index (χ0v) is 27.6. The number of aromatic nitrogens is 4. The molecule has 0 bridgehead atoms. The van der Waals surface area contributed by atoms with Crippen molar-refractivity contribution in [2.45, 2.75) is 97.4 Å². The maximum absolute atomic E-state index is 14.5. The molecule has 2 aromatic heterocycles. The van der Waals surface area contributed by atoms with Gasteiger partial charge in [0.25, 0.3) is 5.56 Å². The molecule has 0 spiro atoms. The molecular weight excluding hydrogens is 613 g/mol. The van der Waals surface area contributed by atoms with Crippen LogP contribution < -0.4 is 21.5 Å². The highest BCUT2D eigenvalue weighted by atomic mass is 31.2. The smallest absolute Gasteiger partial charge is 0.342 e. The molecule has 1 aliphatic rings. The van der Waals surface area contributed by atoms with Crippen LogP contribution in [0.5, 0.6) is 0 Å². The summed E-state index contributed by atoms with van der Waals surface area (Å²) in [6.45, 7) is 11.7. The molecule has 45 heavy (non-hydrogen) atoms. The van der Waals surface area contributed by atoms with Gasteiger partial charge in [-0.25, -0.2) is 15.2 Å². The van der Waals surface area contributed by atoms with Crippen molar-refractivity contribution < 1.29 is 43.1 Å². The molecule has 0 aliphatic carbocycles. The summed E-state index contributed by atoms with van der Waals surface area (Å²) in [6.07, 6.45) is -2.53. The Hall–Kier alpha value is -2.92. The van der Waals surface area contributed by atoms with Gasteiger partial charge in [0.1, 0.15) is 29.9 Å². The van der Waals surface area contributed by atoms with Gasteiger partial charge in [-0.3, -0.25) is 28.5 Å². The van der Waals surface area contributed by atoms with Crippen molar-refractivity contribution in [1.82, 2.24) is 29.7 Å². The van der Waals surface area contributed by atoms with E-state index in [0.717, 1.165) is 0 Å². The lowest BCUT2D eigenvalue weighted by Gasteiger charge is -2.30. The lowest BCUT2D eigenvalue weighted by atomic mass is 9.96. The molecule has 254 valence electrons. The summed E-state index contributed by atoms with van der Waals surface area (Å²) in [7, 11) is -4.32. The third-order valence-electron chi connectivity index (χ3n) is 7.09. The van der Waals surface area contributed by atoms with Crippen molar-refractivity contribution in [3.63, 3.8) is 0 Å². The summed E-state index contributed by atoms with van der Waals surface area (Å²) in [5.41, 5.74) is 3.05. The van der Waals surface area contributed by atoms with Crippen LogP contribution in [0.15, 0.2) is 11.1 Å². The highest BCUT2D eigenvalue weighted by molar-refractivity contribution is 7.54. The minimum atomic E-state index is -4.32. The van der Waals surface area contributed by atoms with E-state index in [-0.39, 0.29) is 55.0 Å². The van der Waals surface area contributed by atoms with Crippen LogP contribution in [0.1, 0.15) is 67.5 Å². The molecular formula is C27H46N7O10P. The van der Waals surface area contributed by atoms with Gasteiger partial charge in [-0.2, -0.15) is 4.98 Å². The van der Waals surface area contributed by atoms with E-state index >= 15 is 0 Å². The average Bonchev–Trinajstić information content (AvgIpc) is 3.44. The molecule has 0 amide bonds. The number of carbonyl (C=O) groups excluding carboxylic acids is 2. The maximum Gasteiger partial charge on any atom is 0.342 e. The number of hydrogen-bond donors (Lipinski definition) is 6. The minimum absolute atomic E-state index is 0.00114. The number of ether oxygens (including phenoxy) is 3. The van der Waals surface area contributed by atoms with Gasteiger partial charge in [-0.05, 0) is 45.4 Å². The molecule has 3 heterocycles. The first-order valence-electron chi connectivity index (χ1n) is 14.9. The van der Waals surface area contributed by atoms with E-state index in [1.165, 1.54) is 17.8 Å². The monoisotopic (exact) mass is 659 g/mol. The van der Waals surface area contributed by atoms with E-state index in [2.05, 4.69) is 25.1 Å². The first-order valence-corrected chi connectivity index (χ1v) is 16.6. The Bertz CT molecular complexity index is 1390. The molecule has 2 aromatic rings. The van der Waals surface area contributed by atoms with Gasteiger partial charge in [0.2, 0.25) is 5.95 Å². The van der Waals surface area contributed by atoms with Crippen molar-refractivity contribution in [2.24, 2.45) is 11.8 Å². The van der Waals surface area contributed by atoms with Crippen LogP contribution in [0.25, 0.3) is 11.2 Å². The fourth-order valence-corrected chi connectivity index (χ4v) is 6.85. The van der Waals surface area contributed by atoms with Crippen LogP contribution in [-0.2, 0) is 32.9 Å². The highest BCUT2D eigenvalue weighted by Crippen LogP contribution is 2.44. The Morgan fingerprint density at radius 1 is 1.13 bits per heavy atom. The third-order valence-corrected chi connectivity index (χ3v) is 8.90. The molecule has 1 aliphatic heterocycles. The topological polar surface area (TPSA) is 242 Å². The van der Waals surface area contributed by atoms with Gasteiger partial charge in [0.05, 0.1) is 26.1 Å². The second-order valence-corrected chi connectivity index (χ2v) is 13.8. The summed E-state index contributed by atoms with van der Waals surface area (Å²) >= 11 is 0. The molecule has 3 rings (SSSR count). The van der Waals surface area contributed by atoms with Crippen LogP contribution in [0.2, 0.25) is 0 Å². The Morgan fingerprint density at radius 2 is 1.67 bits per heavy atom. The quantitative estimate of drug-likeness (QED) is 0.109. The molecule has 0 saturated carbocycles. The number of anilines is 1. The maximum atomic E-state index is 14.5. The van der Waals surface area contributed by atoms with E-state index in [4.69, 9.17) is 24.5 Å². The fraction of sp³-hybridized carbons (Fsp3) is 0.741. The van der Waals surface area contributed by atoms with Crippen molar-refractivity contribution in [3.05, 3.63) is 16.7 Å². The number of rotatable bonds is 16. The van der Waals surface area contributed by atoms with Crippen LogP contribution in [0.3, 0.4) is 0 Å².